The minimum Gasteiger partial charge on any atom is -0.647 e. The molecule has 0 unspecified atom stereocenters. The lowest BCUT2D eigenvalue weighted by atomic mass is 11.9. The maximum Gasteiger partial charge on any atom is 0.401 e. The van der Waals surface area contributed by atoms with Crippen LogP contribution in [0.1, 0.15) is 0 Å². The molecule has 0 aromatic carbocycles. The van der Waals surface area contributed by atoms with Gasteiger partial charge in [0.2, 0.25) is 0 Å². The average molecular weight is 162 g/mol. The molecule has 0 N–H and O–H groups in total. The molecular formula is CH10Al4O2. The van der Waals surface area contributed by atoms with Gasteiger partial charge >= 0.3 is 65.4 Å². The first-order chi connectivity index (χ1) is 3.33. The summed E-state index contributed by atoms with van der Waals surface area (Å²) in [5.41, 5.74) is 0. The molecule has 0 radical (unpaired) electrons. The van der Waals surface area contributed by atoms with Crippen LogP contribution in [0.4, 0.5) is 0 Å². The van der Waals surface area contributed by atoms with Gasteiger partial charge in [-0.05, 0) is 0 Å². The van der Waals surface area contributed by atoms with Crippen LogP contribution >= 0.6 is 0 Å². The van der Waals surface area contributed by atoms with E-state index in [1.165, 1.54) is 0 Å². The Labute approximate surface area is 76.3 Å². The van der Waals surface area contributed by atoms with Gasteiger partial charge in [-0.1, -0.05) is 5.79 Å². The SMILES string of the molecule is [AlH2][O][AlH2].[CH3][AlH][O][AlH2]. The zero-order valence-electron chi connectivity index (χ0n) is 5.52. The first kappa shape index (κ1) is 11.8. The van der Waals surface area contributed by atoms with Gasteiger partial charge in [-0.15, -0.1) is 0 Å². The molecule has 38 valence electrons. The topological polar surface area (TPSA) is 18.5 Å². The van der Waals surface area contributed by atoms with E-state index in [1.807, 2.05) is 0 Å². The van der Waals surface area contributed by atoms with Crippen molar-refractivity contribution in [3.63, 3.8) is 0 Å². The Kier molecular flexibility index (Phi) is 26.4. The second-order valence-electron chi connectivity index (χ2n) is 0.986. The van der Waals surface area contributed by atoms with Crippen LogP contribution in [0.15, 0.2) is 0 Å². The first-order valence-electron chi connectivity index (χ1n) is 2.22. The van der Waals surface area contributed by atoms with E-state index in [-0.39, 0.29) is 15.6 Å². The van der Waals surface area contributed by atoms with Crippen LogP contribution in [0.25, 0.3) is 0 Å². The summed E-state index contributed by atoms with van der Waals surface area (Å²) in [6.45, 7) is 0. The highest BCUT2D eigenvalue weighted by Crippen LogP contribution is 1.45. The predicted octanol–water partition coefficient (Wildman–Crippen LogP) is -2.95. The molecule has 0 atom stereocenters. The summed E-state index contributed by atoms with van der Waals surface area (Å²) in [5.74, 6) is 2.13. The summed E-state index contributed by atoms with van der Waals surface area (Å²) in [7, 11) is 0. The van der Waals surface area contributed by atoms with E-state index < -0.39 is 0 Å². The van der Waals surface area contributed by atoms with Gasteiger partial charge in [0.1, 0.15) is 0 Å². The fourth-order valence-electron chi connectivity index (χ4n) is 0. The van der Waals surface area contributed by atoms with Gasteiger partial charge in [0.05, 0.1) is 0 Å². The summed E-state index contributed by atoms with van der Waals surface area (Å²) in [5, 5.41) is 0. The number of hydrogen-bond acceptors (Lipinski definition) is 2. The first-order valence-corrected chi connectivity index (χ1v) is 6.66. The van der Waals surface area contributed by atoms with Gasteiger partial charge in [-0.3, -0.25) is 0 Å². The summed E-state index contributed by atoms with van der Waals surface area (Å²) >= 11 is 2.80. The average Bonchev–Trinajstić information content (AvgIpc) is 1.69. The fraction of sp³-hybridized carbons (Fsp3) is 1.00. The Hall–Kier alpha value is 2.05. The molecule has 0 fully saturated rings. The molecule has 0 amide bonds. The molecule has 0 saturated carbocycles. The Morgan fingerprint density at radius 2 is 1.43 bits per heavy atom. The molecule has 6 heteroatoms. The van der Waals surface area contributed by atoms with Crippen molar-refractivity contribution >= 4 is 65.4 Å². The predicted molar refractivity (Wildman–Crippen MR) is 40.8 cm³/mol. The molecule has 2 nitrogen and oxygen atoms in total. The standard InChI is InChI=1S/CH3.4Al.2O.7H/h1H3;;;;;;;;;;;;;. The minimum absolute atomic E-state index is 0.0139. The number of rotatable bonds is 1. The van der Waals surface area contributed by atoms with E-state index in [4.69, 9.17) is 2.84 Å². The van der Waals surface area contributed by atoms with Crippen molar-refractivity contribution in [2.75, 3.05) is 0 Å². The van der Waals surface area contributed by atoms with E-state index in [9.17, 15) is 0 Å². The van der Waals surface area contributed by atoms with Crippen molar-refractivity contribution in [3.8, 4) is 0 Å². The van der Waals surface area contributed by atoms with Crippen molar-refractivity contribution in [2.45, 2.75) is 5.79 Å². The second kappa shape index (κ2) is 15.7. The van der Waals surface area contributed by atoms with Crippen molar-refractivity contribution in [1.82, 2.24) is 0 Å². The molecule has 0 aliphatic carbocycles. The third-order valence-electron chi connectivity index (χ3n) is 0.289. The monoisotopic (exact) mass is 162 g/mol. The highest BCUT2D eigenvalue weighted by molar-refractivity contribution is 6.32. The second-order valence-corrected chi connectivity index (χ2v) is 7.14. The van der Waals surface area contributed by atoms with Gasteiger partial charge in [0.25, 0.3) is 0 Å². The van der Waals surface area contributed by atoms with Gasteiger partial charge in [-0.25, -0.2) is 0 Å². The highest BCUT2D eigenvalue weighted by Gasteiger charge is 1.65. The van der Waals surface area contributed by atoms with Gasteiger partial charge in [-0.2, -0.15) is 0 Å². The summed E-state index contributed by atoms with van der Waals surface area (Å²) < 4.78 is 9.35. The number of hydrogen-bond donors (Lipinski definition) is 0. The normalized spacial score (nSPS) is 5.86. The van der Waals surface area contributed by atoms with E-state index >= 15 is 0 Å². The van der Waals surface area contributed by atoms with E-state index in [0.29, 0.717) is 0 Å². The zero-order chi connectivity index (χ0) is 6.12. The molecule has 0 aliphatic heterocycles. The van der Waals surface area contributed by atoms with Gasteiger partial charge in [0.15, 0.2) is 0 Å². The molecule has 0 rings (SSSR count). The Balaban J connectivity index is 0. The highest BCUT2D eigenvalue weighted by atomic mass is 27.2. The summed E-state index contributed by atoms with van der Waals surface area (Å²) in [6, 6.07) is 0. The lowest BCUT2D eigenvalue weighted by Gasteiger charge is -1.75. The van der Waals surface area contributed by atoms with Crippen LogP contribution in [-0.4, -0.2) is 65.4 Å². The van der Waals surface area contributed by atoms with Crippen molar-refractivity contribution in [3.05, 3.63) is 0 Å². The molecule has 0 heterocycles. The Morgan fingerprint density at radius 1 is 1.29 bits per heavy atom. The van der Waals surface area contributed by atoms with Crippen LogP contribution in [0.5, 0.6) is 0 Å². The molecule has 0 aromatic heterocycles. The minimum atomic E-state index is -0.0139. The third kappa shape index (κ3) is 31.7. The largest absolute Gasteiger partial charge is 0.647 e. The van der Waals surface area contributed by atoms with Crippen LogP contribution < -0.4 is 0 Å². The van der Waals surface area contributed by atoms with Crippen LogP contribution in [0.2, 0.25) is 5.79 Å². The fourth-order valence-corrected chi connectivity index (χ4v) is 0. The van der Waals surface area contributed by atoms with E-state index in [2.05, 4.69) is 8.63 Å². The molecule has 0 aromatic rings. The smallest absolute Gasteiger partial charge is 0.401 e. The Bertz CT molecular complexity index is 17.2. The molecule has 0 aliphatic rings. The molecule has 0 spiro atoms. The quantitative estimate of drug-likeness (QED) is 0.384. The lowest BCUT2D eigenvalue weighted by molar-refractivity contribution is 0.671. The van der Waals surface area contributed by atoms with Crippen LogP contribution in [0, 0.1) is 0 Å². The Morgan fingerprint density at radius 3 is 1.43 bits per heavy atom. The van der Waals surface area contributed by atoms with E-state index in [1.54, 1.807) is 0 Å². The molecule has 7 heavy (non-hydrogen) atoms. The van der Waals surface area contributed by atoms with Crippen LogP contribution in [0.3, 0.4) is 0 Å². The third-order valence-corrected chi connectivity index (χ3v) is 2.60. The molecule has 0 saturated heterocycles. The summed E-state index contributed by atoms with van der Waals surface area (Å²) in [6.07, 6.45) is 0. The maximum absolute atomic E-state index is 4.82. The van der Waals surface area contributed by atoms with Gasteiger partial charge in [0, 0.05) is 0 Å². The van der Waals surface area contributed by atoms with Crippen LogP contribution in [-0.2, 0) is 5.68 Å². The van der Waals surface area contributed by atoms with E-state index in [0.717, 1.165) is 49.9 Å². The lowest BCUT2D eigenvalue weighted by Crippen LogP contribution is -1.82. The summed E-state index contributed by atoms with van der Waals surface area (Å²) in [4.78, 5) is 0. The van der Waals surface area contributed by atoms with Crippen molar-refractivity contribution in [2.24, 2.45) is 0 Å². The van der Waals surface area contributed by atoms with Crippen molar-refractivity contribution < 1.29 is 5.68 Å². The zero-order valence-corrected chi connectivity index (χ0v) is 12.9. The molecule has 0 bridgehead atoms. The molecular weight excluding hydrogens is 152 g/mol. The van der Waals surface area contributed by atoms with Crippen molar-refractivity contribution in [1.29, 1.82) is 0 Å². The van der Waals surface area contributed by atoms with Gasteiger partial charge < -0.3 is 5.68 Å². The maximum atomic E-state index is 4.82.